The third-order valence-corrected chi connectivity index (χ3v) is 4.95. The first-order valence-electron chi connectivity index (χ1n) is 9.03. The van der Waals surface area contributed by atoms with Crippen LogP contribution in [0.5, 0.6) is 0 Å². The van der Waals surface area contributed by atoms with Crippen LogP contribution >= 0.6 is 0 Å². The summed E-state index contributed by atoms with van der Waals surface area (Å²) in [6.45, 7) is 5.15. The second-order valence-corrected chi connectivity index (χ2v) is 7.30. The van der Waals surface area contributed by atoms with Crippen LogP contribution in [0.3, 0.4) is 0 Å². The third kappa shape index (κ3) is 4.38. The molecule has 1 saturated heterocycles. The molecule has 1 aromatic carbocycles. The lowest BCUT2D eigenvalue weighted by molar-refractivity contribution is -0.119. The molecule has 4 atom stereocenters. The lowest BCUT2D eigenvalue weighted by atomic mass is 10.1. The number of nitrogens with zero attached hydrogens (tertiary/aromatic N) is 1. The molecule has 1 aliphatic carbocycles. The number of amides is 2. The fourth-order valence-corrected chi connectivity index (χ4v) is 3.72. The van der Waals surface area contributed by atoms with Crippen LogP contribution in [0.1, 0.15) is 43.5 Å². The summed E-state index contributed by atoms with van der Waals surface area (Å²) in [5, 5.41) is 2.92. The Bertz CT molecular complexity index is 621. The van der Waals surface area contributed by atoms with Gasteiger partial charge in [-0.2, -0.15) is 0 Å². The van der Waals surface area contributed by atoms with Gasteiger partial charge in [0.05, 0.1) is 12.2 Å². The molecule has 0 aromatic heterocycles. The second-order valence-electron chi connectivity index (χ2n) is 7.30. The van der Waals surface area contributed by atoms with Gasteiger partial charge in [-0.25, -0.2) is 0 Å². The van der Waals surface area contributed by atoms with Crippen molar-refractivity contribution in [3.63, 3.8) is 0 Å². The average Bonchev–Trinajstić information content (AvgIpc) is 3.00. The van der Waals surface area contributed by atoms with Crippen LogP contribution in [-0.4, -0.2) is 48.1 Å². The molecule has 4 unspecified atom stereocenters. The molecule has 1 aliphatic heterocycles. The van der Waals surface area contributed by atoms with Crippen molar-refractivity contribution in [1.29, 1.82) is 0 Å². The number of hydrogen-bond acceptors (Lipinski definition) is 4. The van der Waals surface area contributed by atoms with Gasteiger partial charge >= 0.3 is 0 Å². The summed E-state index contributed by atoms with van der Waals surface area (Å²) >= 11 is 0. The molecule has 6 nitrogen and oxygen atoms in total. The zero-order chi connectivity index (χ0) is 18.0. The minimum Gasteiger partial charge on any atom is -0.372 e. The highest BCUT2D eigenvalue weighted by molar-refractivity contribution is 5.96. The summed E-state index contributed by atoms with van der Waals surface area (Å²) < 4.78 is 5.67. The van der Waals surface area contributed by atoms with Gasteiger partial charge in [-0.15, -0.1) is 0 Å². The Kier molecular flexibility index (Phi) is 5.39. The monoisotopic (exact) mass is 345 g/mol. The van der Waals surface area contributed by atoms with Gasteiger partial charge in [0.2, 0.25) is 5.91 Å². The molecule has 0 bridgehead atoms. The van der Waals surface area contributed by atoms with Gasteiger partial charge in [0, 0.05) is 36.3 Å². The number of rotatable bonds is 3. The van der Waals surface area contributed by atoms with E-state index < -0.39 is 0 Å². The highest BCUT2D eigenvalue weighted by Crippen LogP contribution is 2.25. The summed E-state index contributed by atoms with van der Waals surface area (Å²) in [5.74, 6) is 0.0112. The largest absolute Gasteiger partial charge is 0.372 e. The summed E-state index contributed by atoms with van der Waals surface area (Å²) in [5.41, 5.74) is 7.21. The first-order valence-corrected chi connectivity index (χ1v) is 9.03. The van der Waals surface area contributed by atoms with Crippen molar-refractivity contribution in [2.24, 2.45) is 11.7 Å². The average molecular weight is 345 g/mol. The van der Waals surface area contributed by atoms with E-state index in [9.17, 15) is 9.59 Å². The zero-order valence-electron chi connectivity index (χ0n) is 14.9. The number of benzene rings is 1. The minimum absolute atomic E-state index is 0.00152. The van der Waals surface area contributed by atoms with Crippen LogP contribution in [0, 0.1) is 5.92 Å². The summed E-state index contributed by atoms with van der Waals surface area (Å²) in [4.78, 5) is 26.7. The molecule has 3 N–H and O–H groups in total. The zero-order valence-corrected chi connectivity index (χ0v) is 14.9. The fourth-order valence-electron chi connectivity index (χ4n) is 3.72. The highest BCUT2D eigenvalue weighted by atomic mass is 16.5. The topological polar surface area (TPSA) is 84.7 Å². The Morgan fingerprint density at radius 3 is 2.32 bits per heavy atom. The predicted octanol–water partition coefficient (Wildman–Crippen LogP) is 2.00. The van der Waals surface area contributed by atoms with Crippen molar-refractivity contribution in [2.75, 3.05) is 18.4 Å². The van der Waals surface area contributed by atoms with Gasteiger partial charge in [-0.1, -0.05) is 0 Å². The van der Waals surface area contributed by atoms with E-state index in [1.165, 1.54) is 0 Å². The number of carbonyl (C=O) groups is 2. The molecule has 2 fully saturated rings. The van der Waals surface area contributed by atoms with E-state index >= 15 is 0 Å². The second kappa shape index (κ2) is 7.54. The lowest BCUT2D eigenvalue weighted by Crippen LogP contribution is -2.48. The number of anilines is 1. The van der Waals surface area contributed by atoms with Crippen molar-refractivity contribution in [2.45, 2.75) is 51.4 Å². The number of ether oxygens (including phenoxy) is 1. The van der Waals surface area contributed by atoms with E-state index in [1.54, 1.807) is 24.3 Å². The van der Waals surface area contributed by atoms with Crippen LogP contribution in [0.15, 0.2) is 24.3 Å². The van der Waals surface area contributed by atoms with Crippen LogP contribution in [0.4, 0.5) is 5.69 Å². The van der Waals surface area contributed by atoms with Crippen LogP contribution in [0.2, 0.25) is 0 Å². The molecule has 1 heterocycles. The molecule has 0 spiro atoms. The molecule has 1 saturated carbocycles. The van der Waals surface area contributed by atoms with E-state index in [0.29, 0.717) is 24.3 Å². The van der Waals surface area contributed by atoms with Gasteiger partial charge in [0.25, 0.3) is 5.91 Å². The Morgan fingerprint density at radius 1 is 1.12 bits per heavy atom. The fraction of sp³-hybridized carbons (Fsp3) is 0.579. The molecule has 136 valence electrons. The maximum absolute atomic E-state index is 12.6. The number of nitrogens with two attached hydrogens (primary N) is 1. The van der Waals surface area contributed by atoms with E-state index in [-0.39, 0.29) is 36.0 Å². The molecule has 25 heavy (non-hydrogen) atoms. The summed E-state index contributed by atoms with van der Waals surface area (Å²) in [7, 11) is 0. The predicted molar refractivity (Wildman–Crippen MR) is 96.3 cm³/mol. The first kappa shape index (κ1) is 17.9. The quantitative estimate of drug-likeness (QED) is 0.877. The molecule has 2 aliphatic rings. The molecular formula is C19H27N3O3. The normalized spacial score (nSPS) is 29.5. The van der Waals surface area contributed by atoms with Crippen molar-refractivity contribution >= 4 is 17.5 Å². The molecular weight excluding hydrogens is 318 g/mol. The number of carbonyl (C=O) groups excluding carboxylic acids is 2. The Labute approximate surface area is 148 Å². The SMILES string of the molecule is CC1CN(C(=O)c2ccc(NC(=O)C3CCC(N)C3)cc2)CC(C)O1. The van der Waals surface area contributed by atoms with Gasteiger partial charge in [-0.3, -0.25) is 9.59 Å². The Morgan fingerprint density at radius 2 is 1.76 bits per heavy atom. The summed E-state index contributed by atoms with van der Waals surface area (Å²) in [6.07, 6.45) is 2.59. The number of morpholine rings is 1. The van der Waals surface area contributed by atoms with E-state index in [4.69, 9.17) is 10.5 Å². The van der Waals surface area contributed by atoms with E-state index in [1.807, 2.05) is 18.7 Å². The van der Waals surface area contributed by atoms with Gasteiger partial charge in [0.1, 0.15) is 0 Å². The Balaban J connectivity index is 1.60. The maximum atomic E-state index is 12.6. The van der Waals surface area contributed by atoms with E-state index in [0.717, 1.165) is 19.3 Å². The minimum atomic E-state index is -0.00682. The molecule has 6 heteroatoms. The molecule has 3 rings (SSSR count). The van der Waals surface area contributed by atoms with Crippen LogP contribution in [0.25, 0.3) is 0 Å². The molecule has 2 amide bonds. The van der Waals surface area contributed by atoms with Gasteiger partial charge in [-0.05, 0) is 57.4 Å². The smallest absolute Gasteiger partial charge is 0.254 e. The van der Waals surface area contributed by atoms with Crippen molar-refractivity contribution in [1.82, 2.24) is 4.90 Å². The highest BCUT2D eigenvalue weighted by Gasteiger charge is 2.28. The lowest BCUT2D eigenvalue weighted by Gasteiger charge is -2.35. The molecule has 1 aromatic rings. The third-order valence-electron chi connectivity index (χ3n) is 4.95. The summed E-state index contributed by atoms with van der Waals surface area (Å²) in [6, 6.07) is 7.24. The Hall–Kier alpha value is -1.92. The molecule has 0 radical (unpaired) electrons. The van der Waals surface area contributed by atoms with E-state index in [2.05, 4.69) is 5.32 Å². The van der Waals surface area contributed by atoms with Crippen molar-refractivity contribution < 1.29 is 14.3 Å². The van der Waals surface area contributed by atoms with Crippen molar-refractivity contribution in [3.8, 4) is 0 Å². The van der Waals surface area contributed by atoms with Crippen molar-refractivity contribution in [3.05, 3.63) is 29.8 Å². The maximum Gasteiger partial charge on any atom is 0.254 e. The van der Waals surface area contributed by atoms with Crippen LogP contribution < -0.4 is 11.1 Å². The van der Waals surface area contributed by atoms with Gasteiger partial charge in [0.15, 0.2) is 0 Å². The first-order chi connectivity index (χ1) is 11.9. The number of hydrogen-bond donors (Lipinski definition) is 2. The van der Waals surface area contributed by atoms with Gasteiger partial charge < -0.3 is 20.7 Å². The standard InChI is InChI=1S/C19H27N3O3/c1-12-10-22(11-13(2)25-12)19(24)14-4-7-17(8-5-14)21-18(23)15-3-6-16(20)9-15/h4-5,7-8,12-13,15-16H,3,6,9-11,20H2,1-2H3,(H,21,23). The van der Waals surface area contributed by atoms with Crippen LogP contribution in [-0.2, 0) is 9.53 Å². The number of nitrogens with one attached hydrogen (secondary N) is 1.